The smallest absolute Gasteiger partial charge is 0.411 e. The van der Waals surface area contributed by atoms with E-state index in [0.717, 1.165) is 4.90 Å². The van der Waals surface area contributed by atoms with Gasteiger partial charge in [-0.25, -0.2) is 4.79 Å². The van der Waals surface area contributed by atoms with E-state index in [-0.39, 0.29) is 13.2 Å². The van der Waals surface area contributed by atoms with E-state index >= 15 is 0 Å². The number of hydrogen-bond donors (Lipinski definition) is 1. The normalized spacial score (nSPS) is 31.0. The molecule has 7 nitrogen and oxygen atoms in total. The number of rotatable bonds is 2. The Morgan fingerprint density at radius 3 is 1.81 bits per heavy atom. The van der Waals surface area contributed by atoms with Crippen LogP contribution in [0.25, 0.3) is 0 Å². The van der Waals surface area contributed by atoms with Crippen molar-refractivity contribution in [1.82, 2.24) is 4.90 Å². The third kappa shape index (κ3) is 2.62. The highest BCUT2D eigenvalue weighted by Crippen LogP contribution is 2.15. The summed E-state index contributed by atoms with van der Waals surface area (Å²) in [4.78, 5) is 12.3. The molecule has 0 radical (unpaired) electrons. The standard InChI is InChI=1S/C9H15NO6/c11-9(12)10(7-5-13-1-3-15-7)8-6-14-2-4-16-8/h7-8H,1-6H2,(H,11,12). The van der Waals surface area contributed by atoms with Crippen molar-refractivity contribution in [3.63, 3.8) is 0 Å². The highest BCUT2D eigenvalue weighted by atomic mass is 16.6. The zero-order valence-corrected chi connectivity index (χ0v) is 8.83. The van der Waals surface area contributed by atoms with Crippen molar-refractivity contribution in [3.05, 3.63) is 0 Å². The molecule has 2 unspecified atom stereocenters. The van der Waals surface area contributed by atoms with Crippen LogP contribution in [0.2, 0.25) is 0 Å². The summed E-state index contributed by atoms with van der Waals surface area (Å²) in [6, 6.07) is 0. The van der Waals surface area contributed by atoms with Crippen LogP contribution in [0.5, 0.6) is 0 Å². The fourth-order valence-corrected chi connectivity index (χ4v) is 1.70. The first-order chi connectivity index (χ1) is 7.79. The Balaban J connectivity index is 1.99. The zero-order chi connectivity index (χ0) is 11.4. The molecule has 2 heterocycles. The first kappa shape index (κ1) is 11.6. The highest BCUT2D eigenvalue weighted by Gasteiger charge is 2.34. The maximum atomic E-state index is 11.2. The van der Waals surface area contributed by atoms with Crippen LogP contribution >= 0.6 is 0 Å². The molecule has 16 heavy (non-hydrogen) atoms. The van der Waals surface area contributed by atoms with Gasteiger partial charge in [-0.15, -0.1) is 0 Å². The van der Waals surface area contributed by atoms with Gasteiger partial charge >= 0.3 is 6.09 Å². The van der Waals surface area contributed by atoms with E-state index in [1.54, 1.807) is 0 Å². The molecule has 7 heteroatoms. The van der Waals surface area contributed by atoms with Crippen molar-refractivity contribution in [1.29, 1.82) is 0 Å². The Hall–Kier alpha value is -0.890. The summed E-state index contributed by atoms with van der Waals surface area (Å²) in [6.07, 6.45) is -2.32. The fraction of sp³-hybridized carbons (Fsp3) is 0.889. The molecule has 2 atom stereocenters. The van der Waals surface area contributed by atoms with Gasteiger partial charge in [-0.3, -0.25) is 4.90 Å². The van der Waals surface area contributed by atoms with Gasteiger partial charge in [0.25, 0.3) is 0 Å². The summed E-state index contributed by atoms with van der Waals surface area (Å²) < 4.78 is 21.0. The molecule has 0 aromatic heterocycles. The zero-order valence-electron chi connectivity index (χ0n) is 8.83. The summed E-state index contributed by atoms with van der Waals surface area (Å²) in [5.74, 6) is 0. The van der Waals surface area contributed by atoms with Gasteiger partial charge in [-0.1, -0.05) is 0 Å². The maximum absolute atomic E-state index is 11.2. The number of carboxylic acid groups (broad SMARTS) is 1. The Morgan fingerprint density at radius 1 is 1.00 bits per heavy atom. The van der Waals surface area contributed by atoms with Crippen LogP contribution in [0.15, 0.2) is 0 Å². The van der Waals surface area contributed by atoms with Crippen LogP contribution in [-0.2, 0) is 18.9 Å². The van der Waals surface area contributed by atoms with Crippen LogP contribution < -0.4 is 0 Å². The van der Waals surface area contributed by atoms with Crippen molar-refractivity contribution in [2.75, 3.05) is 39.6 Å². The lowest BCUT2D eigenvalue weighted by molar-refractivity contribution is -0.217. The molecule has 2 aliphatic rings. The number of nitrogens with zero attached hydrogens (tertiary/aromatic N) is 1. The summed E-state index contributed by atoms with van der Waals surface area (Å²) in [5.41, 5.74) is 0. The molecule has 2 rings (SSSR count). The predicted octanol–water partition coefficient (Wildman–Crippen LogP) is -0.288. The lowest BCUT2D eigenvalue weighted by Crippen LogP contribution is -2.55. The number of hydrogen-bond acceptors (Lipinski definition) is 5. The molecule has 0 saturated carbocycles. The van der Waals surface area contributed by atoms with E-state index in [4.69, 9.17) is 24.1 Å². The lowest BCUT2D eigenvalue weighted by Gasteiger charge is -2.38. The van der Waals surface area contributed by atoms with Gasteiger partial charge < -0.3 is 24.1 Å². The molecule has 1 amide bonds. The maximum Gasteiger partial charge on any atom is 0.411 e. The van der Waals surface area contributed by atoms with E-state index in [1.165, 1.54) is 0 Å². The minimum absolute atomic E-state index is 0.228. The van der Waals surface area contributed by atoms with Gasteiger partial charge in [-0.2, -0.15) is 0 Å². The van der Waals surface area contributed by atoms with Crippen LogP contribution in [0, 0.1) is 0 Å². The second kappa shape index (κ2) is 5.44. The van der Waals surface area contributed by atoms with E-state index in [0.29, 0.717) is 26.4 Å². The monoisotopic (exact) mass is 233 g/mol. The average Bonchev–Trinajstić information content (AvgIpc) is 2.31. The summed E-state index contributed by atoms with van der Waals surface area (Å²) >= 11 is 0. The minimum atomic E-state index is -1.09. The van der Waals surface area contributed by atoms with Crippen molar-refractivity contribution in [3.8, 4) is 0 Å². The van der Waals surface area contributed by atoms with E-state index in [1.807, 2.05) is 0 Å². The third-order valence-corrected chi connectivity index (χ3v) is 2.44. The van der Waals surface area contributed by atoms with Crippen molar-refractivity contribution in [2.45, 2.75) is 12.5 Å². The molecule has 0 aromatic carbocycles. The second-order valence-electron chi connectivity index (χ2n) is 3.49. The van der Waals surface area contributed by atoms with Gasteiger partial charge in [0.05, 0.1) is 39.6 Å². The van der Waals surface area contributed by atoms with Gasteiger partial charge in [0.2, 0.25) is 0 Å². The SMILES string of the molecule is O=C(O)N(C1COCCO1)C1COCCO1. The second-order valence-corrected chi connectivity index (χ2v) is 3.49. The van der Waals surface area contributed by atoms with E-state index < -0.39 is 18.5 Å². The molecule has 1 N–H and O–H groups in total. The van der Waals surface area contributed by atoms with Gasteiger partial charge in [0.15, 0.2) is 12.5 Å². The van der Waals surface area contributed by atoms with Crippen molar-refractivity contribution >= 4 is 6.09 Å². The largest absolute Gasteiger partial charge is 0.465 e. The van der Waals surface area contributed by atoms with E-state index in [2.05, 4.69) is 0 Å². The van der Waals surface area contributed by atoms with Gasteiger partial charge in [0.1, 0.15) is 0 Å². The Morgan fingerprint density at radius 2 is 1.50 bits per heavy atom. The molecule has 92 valence electrons. The average molecular weight is 233 g/mol. The molecule has 0 bridgehead atoms. The van der Waals surface area contributed by atoms with Crippen molar-refractivity contribution < 1.29 is 28.8 Å². The third-order valence-electron chi connectivity index (χ3n) is 2.44. The number of amides is 1. The lowest BCUT2D eigenvalue weighted by atomic mass is 10.4. The molecule has 0 aliphatic carbocycles. The van der Waals surface area contributed by atoms with Crippen LogP contribution in [0.3, 0.4) is 0 Å². The Bertz CT molecular complexity index is 218. The first-order valence-electron chi connectivity index (χ1n) is 5.19. The van der Waals surface area contributed by atoms with Gasteiger partial charge in [-0.05, 0) is 0 Å². The fourth-order valence-electron chi connectivity index (χ4n) is 1.70. The molecular weight excluding hydrogens is 218 g/mol. The topological polar surface area (TPSA) is 77.5 Å². The summed E-state index contributed by atoms with van der Waals surface area (Å²) in [6.45, 7) is 2.22. The van der Waals surface area contributed by atoms with Crippen LogP contribution in [0.4, 0.5) is 4.79 Å². The molecule has 2 aliphatic heterocycles. The molecular formula is C9H15NO6. The van der Waals surface area contributed by atoms with E-state index in [9.17, 15) is 4.79 Å². The van der Waals surface area contributed by atoms with Crippen LogP contribution in [0.1, 0.15) is 0 Å². The number of carbonyl (C=O) groups is 1. The minimum Gasteiger partial charge on any atom is -0.465 e. The molecule has 2 fully saturated rings. The molecule has 2 saturated heterocycles. The summed E-state index contributed by atoms with van der Waals surface area (Å²) in [5, 5.41) is 9.13. The van der Waals surface area contributed by atoms with Crippen LogP contribution in [-0.4, -0.2) is 68.2 Å². The predicted molar refractivity (Wildman–Crippen MR) is 51.0 cm³/mol. The highest BCUT2D eigenvalue weighted by molar-refractivity contribution is 5.65. The number of ether oxygens (including phenoxy) is 4. The van der Waals surface area contributed by atoms with Gasteiger partial charge in [0, 0.05) is 0 Å². The summed E-state index contributed by atoms with van der Waals surface area (Å²) in [7, 11) is 0. The molecule has 0 spiro atoms. The Kier molecular flexibility index (Phi) is 3.94. The molecule has 0 aromatic rings. The first-order valence-corrected chi connectivity index (χ1v) is 5.19. The quantitative estimate of drug-likeness (QED) is 0.706. The van der Waals surface area contributed by atoms with Crippen molar-refractivity contribution in [2.24, 2.45) is 0 Å². The Labute approximate surface area is 92.8 Å².